The fourth-order valence-electron chi connectivity index (χ4n) is 2.00. The van der Waals surface area contributed by atoms with Crippen LogP contribution in [0.4, 0.5) is 8.78 Å². The second-order valence-electron chi connectivity index (χ2n) is 4.56. The van der Waals surface area contributed by atoms with E-state index < -0.39 is 13.0 Å². The summed E-state index contributed by atoms with van der Waals surface area (Å²) < 4.78 is 31.7. The topological polar surface area (TPSA) is 12.5 Å². The Kier molecular flexibility index (Phi) is 8.37. The third-order valence-corrected chi connectivity index (χ3v) is 3.71. The number of benzene rings is 1. The normalized spacial score (nSPS) is 14.1. The van der Waals surface area contributed by atoms with Crippen molar-refractivity contribution >= 4 is 21.6 Å². The van der Waals surface area contributed by atoms with Crippen LogP contribution in [-0.4, -0.2) is 24.5 Å². The van der Waals surface area contributed by atoms with E-state index in [4.69, 9.17) is 4.74 Å². The van der Waals surface area contributed by atoms with E-state index in [0.29, 0.717) is 28.2 Å². The average molecular weight is 456 g/mol. The van der Waals surface area contributed by atoms with Crippen LogP contribution < -0.4 is 4.74 Å². The van der Waals surface area contributed by atoms with Crippen molar-refractivity contribution in [2.75, 3.05) is 13.2 Å². The number of hydrogen-bond donors (Lipinski definition) is 0. The van der Waals surface area contributed by atoms with Crippen molar-refractivity contribution in [1.82, 2.24) is 4.90 Å². The number of hydrogen-bond acceptors (Lipinski definition) is 2. The molecule has 6 heteroatoms. The minimum absolute atomic E-state index is 0. The van der Waals surface area contributed by atoms with Crippen LogP contribution in [0.5, 0.6) is 5.75 Å². The van der Waals surface area contributed by atoms with Crippen molar-refractivity contribution in [2.45, 2.75) is 6.43 Å². The van der Waals surface area contributed by atoms with Crippen molar-refractivity contribution in [2.24, 2.45) is 0 Å². The number of allylic oxidation sites excluding steroid dienone is 3. The fourth-order valence-corrected chi connectivity index (χ4v) is 2.33. The van der Waals surface area contributed by atoms with Gasteiger partial charge >= 0.3 is 0 Å². The van der Waals surface area contributed by atoms with Crippen molar-refractivity contribution < 1.29 is 46.2 Å². The van der Waals surface area contributed by atoms with Gasteiger partial charge in [-0.3, -0.25) is 0 Å². The standard InChI is InChI=1S/C17H15BrF2NO.Y/c1-3-10-22-14-6-4-13(5-7-14)16-9-8-15(18)12(2)21(16)11-17(19)20;/h3-8,17H,1-2,10-11H2;/q-1;. The summed E-state index contributed by atoms with van der Waals surface area (Å²) in [5.74, 6) is 0.691. The van der Waals surface area contributed by atoms with Gasteiger partial charge in [0.2, 0.25) is 0 Å². The Hall–Kier alpha value is -0.776. The third-order valence-electron chi connectivity index (χ3n) is 3.02. The molecule has 2 nitrogen and oxygen atoms in total. The van der Waals surface area contributed by atoms with Crippen molar-refractivity contribution in [3.05, 3.63) is 71.4 Å². The van der Waals surface area contributed by atoms with Crippen molar-refractivity contribution in [3.63, 3.8) is 0 Å². The van der Waals surface area contributed by atoms with Crippen molar-refractivity contribution in [3.8, 4) is 5.75 Å². The Bertz CT molecular complexity index is 626. The Morgan fingerprint density at radius 3 is 2.52 bits per heavy atom. The molecule has 0 saturated heterocycles. The zero-order valence-electron chi connectivity index (χ0n) is 12.4. The smallest absolute Gasteiger partial charge is 0.256 e. The summed E-state index contributed by atoms with van der Waals surface area (Å²) in [5, 5.41) is 0. The van der Waals surface area contributed by atoms with E-state index in [2.05, 4.69) is 35.2 Å². The van der Waals surface area contributed by atoms with Gasteiger partial charge in [-0.15, -0.1) is 28.1 Å². The van der Waals surface area contributed by atoms with Crippen LogP contribution in [0.1, 0.15) is 5.56 Å². The molecule has 2 rings (SSSR count). The summed E-state index contributed by atoms with van der Waals surface area (Å²) in [6, 6.07) is 7.17. The molecule has 0 fully saturated rings. The van der Waals surface area contributed by atoms with Gasteiger partial charge < -0.3 is 9.64 Å². The molecule has 0 aliphatic carbocycles. The van der Waals surface area contributed by atoms with Crippen LogP contribution in [0.2, 0.25) is 0 Å². The molecule has 0 unspecified atom stereocenters. The molecular formula is C17H15BrF2NOY-. The summed E-state index contributed by atoms with van der Waals surface area (Å²) in [6.07, 6.45) is 3.88. The van der Waals surface area contributed by atoms with Gasteiger partial charge in [-0.05, 0) is 17.8 Å². The van der Waals surface area contributed by atoms with Gasteiger partial charge in [-0.2, -0.15) is 12.2 Å². The van der Waals surface area contributed by atoms with E-state index in [1.54, 1.807) is 36.4 Å². The number of alkyl halides is 2. The molecule has 0 aromatic heterocycles. The van der Waals surface area contributed by atoms with Crippen LogP contribution >= 0.6 is 15.9 Å². The monoisotopic (exact) mass is 455 g/mol. The Morgan fingerprint density at radius 2 is 1.96 bits per heavy atom. The second-order valence-corrected chi connectivity index (χ2v) is 5.41. The summed E-state index contributed by atoms with van der Waals surface area (Å²) >= 11 is 3.29. The van der Waals surface area contributed by atoms with E-state index in [1.165, 1.54) is 4.90 Å². The molecule has 1 aromatic rings. The van der Waals surface area contributed by atoms with Crippen LogP contribution in [0, 0.1) is 6.08 Å². The molecule has 0 saturated carbocycles. The fraction of sp³-hybridized carbons (Fsp3) is 0.176. The number of nitrogens with zero attached hydrogens (tertiary/aromatic N) is 1. The van der Waals surface area contributed by atoms with Gasteiger partial charge in [0.15, 0.2) is 0 Å². The molecule has 1 heterocycles. The van der Waals surface area contributed by atoms with Gasteiger partial charge in [-0.1, -0.05) is 35.0 Å². The predicted octanol–water partition coefficient (Wildman–Crippen LogP) is 4.77. The molecule has 1 aliphatic rings. The van der Waals surface area contributed by atoms with E-state index in [1.807, 2.05) is 0 Å². The molecule has 1 radical (unpaired) electrons. The molecule has 119 valence electrons. The largest absolute Gasteiger partial charge is 0.490 e. The van der Waals surface area contributed by atoms with Crippen LogP contribution in [0.3, 0.4) is 0 Å². The summed E-state index contributed by atoms with van der Waals surface area (Å²) in [5.41, 5.74) is 1.81. The molecule has 23 heavy (non-hydrogen) atoms. The zero-order chi connectivity index (χ0) is 16.1. The summed E-state index contributed by atoms with van der Waals surface area (Å²) in [7, 11) is 0. The Morgan fingerprint density at radius 1 is 1.30 bits per heavy atom. The molecule has 1 aliphatic heterocycles. The van der Waals surface area contributed by atoms with Gasteiger partial charge in [-0.25, -0.2) is 8.78 Å². The minimum Gasteiger partial charge on any atom is -0.490 e. The zero-order valence-corrected chi connectivity index (χ0v) is 16.9. The first-order valence-electron chi connectivity index (χ1n) is 6.61. The van der Waals surface area contributed by atoms with E-state index in [0.717, 1.165) is 5.56 Å². The molecule has 0 atom stereocenters. The first-order valence-corrected chi connectivity index (χ1v) is 7.40. The first-order chi connectivity index (χ1) is 10.5. The van der Waals surface area contributed by atoms with Gasteiger partial charge in [0.05, 0.1) is 6.54 Å². The van der Waals surface area contributed by atoms with E-state index in [-0.39, 0.29) is 32.7 Å². The number of ether oxygens (including phenoxy) is 1. The summed E-state index contributed by atoms with van der Waals surface area (Å²) in [6.45, 7) is 7.41. The van der Waals surface area contributed by atoms with Gasteiger partial charge in [0, 0.05) is 32.7 Å². The molecular weight excluding hydrogens is 441 g/mol. The van der Waals surface area contributed by atoms with E-state index >= 15 is 0 Å². The Labute approximate surface area is 168 Å². The third kappa shape index (κ3) is 5.37. The quantitative estimate of drug-likeness (QED) is 0.452. The van der Waals surface area contributed by atoms with Gasteiger partial charge in [0.25, 0.3) is 6.43 Å². The predicted molar refractivity (Wildman–Crippen MR) is 87.6 cm³/mol. The maximum absolute atomic E-state index is 12.8. The maximum Gasteiger partial charge on any atom is 0.256 e. The number of halogens is 3. The molecule has 0 spiro atoms. The molecule has 0 amide bonds. The first kappa shape index (κ1) is 20.3. The summed E-state index contributed by atoms with van der Waals surface area (Å²) in [4.78, 5) is 1.45. The SMILES string of the molecule is C=CCOc1ccc(C2=[C-]C=C(Br)C(=C)N2CC(F)F)cc1.[Y]. The van der Waals surface area contributed by atoms with Crippen LogP contribution in [0.15, 0.2) is 59.8 Å². The molecule has 1 aromatic carbocycles. The maximum atomic E-state index is 12.8. The Balaban J connectivity index is 0.00000264. The molecule has 0 bridgehead atoms. The van der Waals surface area contributed by atoms with E-state index in [9.17, 15) is 8.78 Å². The van der Waals surface area contributed by atoms with Gasteiger partial charge in [0.1, 0.15) is 12.4 Å². The molecule has 0 N–H and O–H groups in total. The average Bonchev–Trinajstić information content (AvgIpc) is 2.50. The minimum atomic E-state index is -2.47. The van der Waals surface area contributed by atoms with Crippen LogP contribution in [-0.2, 0) is 32.7 Å². The second kappa shape index (κ2) is 9.50. The van der Waals surface area contributed by atoms with Crippen LogP contribution in [0.25, 0.3) is 5.70 Å². The number of rotatable bonds is 6. The van der Waals surface area contributed by atoms with Crippen molar-refractivity contribution in [1.29, 1.82) is 0 Å².